The van der Waals surface area contributed by atoms with Crippen LogP contribution in [0.15, 0.2) is 34.9 Å². The van der Waals surface area contributed by atoms with E-state index in [0.29, 0.717) is 13.1 Å². The number of furan rings is 1. The second-order valence-electron chi connectivity index (χ2n) is 3.01. The van der Waals surface area contributed by atoms with E-state index in [9.17, 15) is 4.79 Å². The number of fused-ring (bicyclic) bond motifs is 1. The van der Waals surface area contributed by atoms with Crippen molar-refractivity contribution in [2.75, 3.05) is 6.61 Å². The second kappa shape index (κ2) is 5.86. The van der Waals surface area contributed by atoms with Crippen molar-refractivity contribution < 1.29 is 13.9 Å². The molecule has 0 atom stereocenters. The molecular weight excluding hydrogens is 192 g/mol. The monoisotopic (exact) mass is 206 g/mol. The molecule has 0 radical (unpaired) electrons. The third-order valence-corrected chi connectivity index (χ3v) is 1.84. The molecule has 3 nitrogen and oxygen atoms in total. The molecular formula is C12H14O3. The highest BCUT2D eigenvalue weighted by Gasteiger charge is 1.93. The number of aryl methyl sites for hydroxylation is 1. The van der Waals surface area contributed by atoms with Gasteiger partial charge in [0.05, 0.1) is 12.9 Å². The zero-order valence-corrected chi connectivity index (χ0v) is 8.90. The third kappa shape index (κ3) is 3.46. The van der Waals surface area contributed by atoms with E-state index in [1.165, 1.54) is 10.9 Å². The Hall–Kier alpha value is -1.77. The van der Waals surface area contributed by atoms with Gasteiger partial charge in [-0.3, -0.25) is 4.79 Å². The Balaban J connectivity index is 0.000000195. The fourth-order valence-corrected chi connectivity index (χ4v) is 1.15. The molecule has 2 aromatic rings. The smallest absolute Gasteiger partial charge is 0.293 e. The number of hydrogen-bond donors (Lipinski definition) is 0. The molecule has 2 rings (SSSR count). The standard InChI is InChI=1S/C9H8O.C3H6O2/c1-7-2-3-9-8(6-7)4-5-10-9;1-2-5-3-4/h2-6H,1H3;3H,2H2,1H3. The summed E-state index contributed by atoms with van der Waals surface area (Å²) in [4.78, 5) is 9.18. The highest BCUT2D eigenvalue weighted by molar-refractivity contribution is 5.77. The van der Waals surface area contributed by atoms with Gasteiger partial charge >= 0.3 is 0 Å². The minimum atomic E-state index is 0.431. The minimum Gasteiger partial charge on any atom is -0.468 e. The van der Waals surface area contributed by atoms with Gasteiger partial charge in [-0.2, -0.15) is 0 Å². The first-order valence-electron chi connectivity index (χ1n) is 4.77. The van der Waals surface area contributed by atoms with Crippen LogP contribution >= 0.6 is 0 Å². The first kappa shape index (κ1) is 11.3. The maximum atomic E-state index is 9.18. The maximum Gasteiger partial charge on any atom is 0.293 e. The first-order valence-corrected chi connectivity index (χ1v) is 4.77. The number of rotatable bonds is 2. The van der Waals surface area contributed by atoms with Crippen LogP contribution in [0.5, 0.6) is 0 Å². The molecule has 0 aliphatic heterocycles. The summed E-state index contributed by atoms with van der Waals surface area (Å²) < 4.78 is 9.33. The summed E-state index contributed by atoms with van der Waals surface area (Å²) in [5.74, 6) is 0. The van der Waals surface area contributed by atoms with E-state index in [1.807, 2.05) is 18.2 Å². The van der Waals surface area contributed by atoms with E-state index in [2.05, 4.69) is 17.7 Å². The van der Waals surface area contributed by atoms with Crippen molar-refractivity contribution >= 4 is 17.4 Å². The van der Waals surface area contributed by atoms with Crippen LogP contribution in [0.1, 0.15) is 12.5 Å². The lowest BCUT2D eigenvalue weighted by Gasteiger charge is -1.89. The van der Waals surface area contributed by atoms with E-state index >= 15 is 0 Å². The molecule has 1 aromatic carbocycles. The topological polar surface area (TPSA) is 39.4 Å². The lowest BCUT2D eigenvalue weighted by molar-refractivity contribution is -0.128. The molecule has 0 N–H and O–H groups in total. The molecule has 0 unspecified atom stereocenters. The third-order valence-electron chi connectivity index (χ3n) is 1.84. The molecule has 0 spiro atoms. The largest absolute Gasteiger partial charge is 0.468 e. The lowest BCUT2D eigenvalue weighted by Crippen LogP contribution is -1.80. The van der Waals surface area contributed by atoms with E-state index < -0.39 is 0 Å². The summed E-state index contributed by atoms with van der Waals surface area (Å²) >= 11 is 0. The van der Waals surface area contributed by atoms with Gasteiger partial charge in [0.2, 0.25) is 0 Å². The molecule has 0 aliphatic rings. The van der Waals surface area contributed by atoms with Gasteiger partial charge in [-0.25, -0.2) is 0 Å². The number of carbonyl (C=O) groups is 1. The summed E-state index contributed by atoms with van der Waals surface area (Å²) in [6.07, 6.45) is 1.71. The molecule has 3 heteroatoms. The number of hydrogen-bond acceptors (Lipinski definition) is 3. The average molecular weight is 206 g/mol. The summed E-state index contributed by atoms with van der Waals surface area (Å²) in [7, 11) is 0. The molecule has 1 aromatic heterocycles. The van der Waals surface area contributed by atoms with Crippen LogP contribution in [0.3, 0.4) is 0 Å². The number of carbonyl (C=O) groups excluding carboxylic acids is 1. The van der Waals surface area contributed by atoms with Gasteiger partial charge in [-0.05, 0) is 32.0 Å². The Morgan fingerprint density at radius 3 is 2.80 bits per heavy atom. The Morgan fingerprint density at radius 1 is 1.40 bits per heavy atom. The Labute approximate surface area is 88.6 Å². The summed E-state index contributed by atoms with van der Waals surface area (Å²) in [5, 5.41) is 1.18. The van der Waals surface area contributed by atoms with Crippen LogP contribution in [0, 0.1) is 6.92 Å². The van der Waals surface area contributed by atoms with Gasteiger partial charge < -0.3 is 9.15 Å². The molecule has 15 heavy (non-hydrogen) atoms. The Kier molecular flexibility index (Phi) is 4.41. The molecule has 0 saturated carbocycles. The average Bonchev–Trinajstić information content (AvgIpc) is 2.67. The van der Waals surface area contributed by atoms with Crippen LogP contribution in [0.2, 0.25) is 0 Å². The van der Waals surface area contributed by atoms with Crippen LogP contribution < -0.4 is 0 Å². The normalized spacial score (nSPS) is 9.20. The Bertz CT molecular complexity index is 417. The van der Waals surface area contributed by atoms with E-state index in [-0.39, 0.29) is 0 Å². The van der Waals surface area contributed by atoms with Gasteiger partial charge in [-0.15, -0.1) is 0 Å². The molecule has 1 heterocycles. The maximum absolute atomic E-state index is 9.18. The quantitative estimate of drug-likeness (QED) is 0.709. The first-order chi connectivity index (χ1) is 7.27. The molecule has 0 aliphatic carbocycles. The fourth-order valence-electron chi connectivity index (χ4n) is 1.15. The Morgan fingerprint density at radius 2 is 2.20 bits per heavy atom. The zero-order valence-electron chi connectivity index (χ0n) is 8.90. The summed E-state index contributed by atoms with van der Waals surface area (Å²) in [6.45, 7) is 4.74. The highest BCUT2D eigenvalue weighted by Crippen LogP contribution is 2.15. The van der Waals surface area contributed by atoms with Crippen molar-refractivity contribution in [2.24, 2.45) is 0 Å². The van der Waals surface area contributed by atoms with Gasteiger partial charge in [0.15, 0.2) is 0 Å². The molecule has 0 bridgehead atoms. The van der Waals surface area contributed by atoms with Crippen molar-refractivity contribution in [2.45, 2.75) is 13.8 Å². The molecule has 0 fully saturated rings. The SMILES string of the molecule is CCOC=O.Cc1ccc2occc2c1. The van der Waals surface area contributed by atoms with E-state index in [0.717, 1.165) is 5.58 Å². The zero-order chi connectivity index (χ0) is 11.1. The number of benzene rings is 1. The lowest BCUT2D eigenvalue weighted by atomic mass is 10.2. The van der Waals surface area contributed by atoms with E-state index in [1.54, 1.807) is 13.2 Å². The van der Waals surface area contributed by atoms with Crippen LogP contribution in [0.25, 0.3) is 11.0 Å². The molecule has 80 valence electrons. The number of ether oxygens (including phenoxy) is 1. The minimum absolute atomic E-state index is 0.431. The van der Waals surface area contributed by atoms with Crippen molar-refractivity contribution in [3.05, 3.63) is 36.1 Å². The second-order valence-corrected chi connectivity index (χ2v) is 3.01. The van der Waals surface area contributed by atoms with Crippen molar-refractivity contribution in [3.8, 4) is 0 Å². The highest BCUT2D eigenvalue weighted by atomic mass is 16.5. The molecule has 0 amide bonds. The summed E-state index contributed by atoms with van der Waals surface area (Å²) in [5.41, 5.74) is 2.24. The predicted octanol–water partition coefficient (Wildman–Crippen LogP) is 2.92. The van der Waals surface area contributed by atoms with Gasteiger partial charge in [0.25, 0.3) is 6.47 Å². The summed E-state index contributed by atoms with van der Waals surface area (Å²) in [6, 6.07) is 8.12. The van der Waals surface area contributed by atoms with Crippen LogP contribution in [0.4, 0.5) is 0 Å². The van der Waals surface area contributed by atoms with Gasteiger partial charge in [-0.1, -0.05) is 11.6 Å². The molecule has 0 saturated heterocycles. The van der Waals surface area contributed by atoms with Gasteiger partial charge in [0.1, 0.15) is 5.58 Å². The van der Waals surface area contributed by atoms with Gasteiger partial charge in [0, 0.05) is 5.39 Å². The van der Waals surface area contributed by atoms with Crippen LogP contribution in [-0.2, 0) is 9.53 Å². The van der Waals surface area contributed by atoms with Crippen molar-refractivity contribution in [1.29, 1.82) is 0 Å². The van der Waals surface area contributed by atoms with Crippen LogP contribution in [-0.4, -0.2) is 13.1 Å². The van der Waals surface area contributed by atoms with Crippen molar-refractivity contribution in [3.63, 3.8) is 0 Å². The fraction of sp³-hybridized carbons (Fsp3) is 0.250. The van der Waals surface area contributed by atoms with Crippen molar-refractivity contribution in [1.82, 2.24) is 0 Å². The predicted molar refractivity (Wildman–Crippen MR) is 58.6 cm³/mol. The van der Waals surface area contributed by atoms with E-state index in [4.69, 9.17) is 4.42 Å².